The third-order valence-corrected chi connectivity index (χ3v) is 3.71. The van der Waals surface area contributed by atoms with Crippen LogP contribution in [-0.2, 0) is 6.54 Å². The molecule has 98 valence electrons. The number of rotatable bonds is 3. The van der Waals surface area contributed by atoms with Gasteiger partial charge in [0.2, 0.25) is 0 Å². The van der Waals surface area contributed by atoms with E-state index in [1.165, 1.54) is 6.07 Å². The number of amides is 1. The molecule has 1 N–H and O–H groups in total. The van der Waals surface area contributed by atoms with Crippen LogP contribution in [0, 0.1) is 3.57 Å². The number of benzene rings is 2. The molecule has 4 heteroatoms. The van der Waals surface area contributed by atoms with E-state index >= 15 is 0 Å². The molecule has 0 radical (unpaired) electrons. The lowest BCUT2D eigenvalue weighted by Crippen LogP contribution is -2.26. The second kappa shape index (κ2) is 6.06. The highest BCUT2D eigenvalue weighted by molar-refractivity contribution is 14.1. The number of carbonyl (C=O) groups excluding carboxylic acids is 1. The fourth-order valence-corrected chi connectivity index (χ4v) is 2.13. The van der Waals surface area contributed by atoms with Crippen LogP contribution in [-0.4, -0.2) is 23.0 Å². The van der Waals surface area contributed by atoms with Crippen LogP contribution >= 0.6 is 22.6 Å². The van der Waals surface area contributed by atoms with Crippen LogP contribution in [0.15, 0.2) is 48.5 Å². The molecule has 3 nitrogen and oxygen atoms in total. The van der Waals surface area contributed by atoms with E-state index in [9.17, 15) is 9.90 Å². The van der Waals surface area contributed by atoms with Crippen molar-refractivity contribution in [1.29, 1.82) is 0 Å². The number of phenolic OH excluding ortho intramolecular Hbond substituents is 1. The van der Waals surface area contributed by atoms with Gasteiger partial charge in [0.25, 0.3) is 5.91 Å². The molecule has 0 atom stereocenters. The van der Waals surface area contributed by atoms with E-state index in [0.717, 1.165) is 9.13 Å². The van der Waals surface area contributed by atoms with E-state index in [1.54, 1.807) is 24.1 Å². The van der Waals surface area contributed by atoms with Gasteiger partial charge in [0, 0.05) is 19.2 Å². The minimum Gasteiger partial charge on any atom is -0.507 e. The maximum Gasteiger partial charge on any atom is 0.254 e. The van der Waals surface area contributed by atoms with Crippen molar-refractivity contribution in [1.82, 2.24) is 4.90 Å². The second-order valence-corrected chi connectivity index (χ2v) is 5.48. The molecular weight excluding hydrogens is 353 g/mol. The molecule has 0 heterocycles. The highest BCUT2D eigenvalue weighted by Crippen LogP contribution is 2.21. The Morgan fingerprint density at radius 2 is 1.89 bits per heavy atom. The molecule has 0 saturated heterocycles. The summed E-state index contributed by atoms with van der Waals surface area (Å²) in [5.41, 5.74) is 1.57. The van der Waals surface area contributed by atoms with Crippen molar-refractivity contribution in [3.63, 3.8) is 0 Å². The predicted octanol–water partition coefficient (Wildman–Crippen LogP) is 3.27. The summed E-state index contributed by atoms with van der Waals surface area (Å²) in [4.78, 5) is 13.9. The van der Waals surface area contributed by atoms with Gasteiger partial charge >= 0.3 is 0 Å². The summed E-state index contributed by atoms with van der Waals surface area (Å²) < 4.78 is 0.736. The molecule has 19 heavy (non-hydrogen) atoms. The van der Waals surface area contributed by atoms with E-state index < -0.39 is 0 Å². The van der Waals surface area contributed by atoms with Crippen molar-refractivity contribution in [2.75, 3.05) is 7.05 Å². The molecule has 0 aliphatic heterocycles. The largest absolute Gasteiger partial charge is 0.507 e. The van der Waals surface area contributed by atoms with E-state index in [0.29, 0.717) is 12.1 Å². The van der Waals surface area contributed by atoms with Gasteiger partial charge in [-0.2, -0.15) is 0 Å². The van der Waals surface area contributed by atoms with E-state index in [1.807, 2.05) is 52.9 Å². The zero-order chi connectivity index (χ0) is 13.8. The lowest BCUT2D eigenvalue weighted by atomic mass is 10.1. The van der Waals surface area contributed by atoms with E-state index in [4.69, 9.17) is 0 Å². The smallest absolute Gasteiger partial charge is 0.254 e. The van der Waals surface area contributed by atoms with Gasteiger partial charge in [-0.25, -0.2) is 0 Å². The molecule has 2 aromatic carbocycles. The van der Waals surface area contributed by atoms with Gasteiger partial charge in [-0.15, -0.1) is 0 Å². The van der Waals surface area contributed by atoms with Crippen LogP contribution in [0.1, 0.15) is 15.9 Å². The van der Waals surface area contributed by atoms with Gasteiger partial charge in [0.1, 0.15) is 5.75 Å². The lowest BCUT2D eigenvalue weighted by Gasteiger charge is -2.17. The average molecular weight is 367 g/mol. The van der Waals surface area contributed by atoms with Crippen LogP contribution in [0.5, 0.6) is 5.75 Å². The molecule has 2 aromatic rings. The zero-order valence-electron chi connectivity index (χ0n) is 10.5. The number of halogens is 1. The van der Waals surface area contributed by atoms with Crippen LogP contribution in [0.3, 0.4) is 0 Å². The Morgan fingerprint density at radius 1 is 1.21 bits per heavy atom. The topological polar surface area (TPSA) is 40.5 Å². The van der Waals surface area contributed by atoms with Gasteiger partial charge in [0.05, 0.1) is 3.57 Å². The number of hydrogen-bond donors (Lipinski definition) is 1. The standard InChI is InChI=1S/C15H14INO2/c1-17(10-11-5-3-2-4-6-11)15(19)12-7-8-13(16)14(18)9-12/h2-9,18H,10H2,1H3. The maximum absolute atomic E-state index is 12.2. The maximum atomic E-state index is 12.2. The minimum absolute atomic E-state index is 0.101. The Bertz CT molecular complexity index is 584. The quantitative estimate of drug-likeness (QED) is 0.846. The second-order valence-electron chi connectivity index (χ2n) is 4.31. The summed E-state index contributed by atoms with van der Waals surface area (Å²) in [6.45, 7) is 0.548. The van der Waals surface area contributed by atoms with Crippen LogP contribution in [0.4, 0.5) is 0 Å². The first-order valence-corrected chi connectivity index (χ1v) is 6.93. The number of carbonyl (C=O) groups is 1. The number of aromatic hydroxyl groups is 1. The van der Waals surface area contributed by atoms with Crippen molar-refractivity contribution in [3.8, 4) is 5.75 Å². The summed E-state index contributed by atoms with van der Waals surface area (Å²) in [6, 6.07) is 14.8. The fourth-order valence-electron chi connectivity index (χ4n) is 1.80. The van der Waals surface area contributed by atoms with Gasteiger partial charge in [-0.05, 0) is 46.4 Å². The van der Waals surface area contributed by atoms with Crippen LogP contribution in [0.2, 0.25) is 0 Å². The van der Waals surface area contributed by atoms with Crippen molar-refractivity contribution >= 4 is 28.5 Å². The molecule has 2 rings (SSSR count). The van der Waals surface area contributed by atoms with Crippen LogP contribution in [0.25, 0.3) is 0 Å². The molecule has 0 saturated carbocycles. The monoisotopic (exact) mass is 367 g/mol. The van der Waals surface area contributed by atoms with Gasteiger partial charge < -0.3 is 10.0 Å². The van der Waals surface area contributed by atoms with E-state index in [2.05, 4.69) is 0 Å². The first-order chi connectivity index (χ1) is 9.08. The summed E-state index contributed by atoms with van der Waals surface area (Å²) in [7, 11) is 1.75. The third-order valence-electron chi connectivity index (χ3n) is 2.80. The SMILES string of the molecule is CN(Cc1ccccc1)C(=O)c1ccc(I)c(O)c1. The minimum atomic E-state index is -0.101. The van der Waals surface area contributed by atoms with Gasteiger partial charge in [0.15, 0.2) is 0 Å². The molecule has 0 spiro atoms. The summed E-state index contributed by atoms with van der Waals surface area (Å²) in [5, 5.41) is 9.64. The predicted molar refractivity (Wildman–Crippen MR) is 83.1 cm³/mol. The highest BCUT2D eigenvalue weighted by Gasteiger charge is 2.13. The van der Waals surface area contributed by atoms with Crippen molar-refractivity contribution < 1.29 is 9.90 Å². The van der Waals surface area contributed by atoms with Gasteiger partial charge in [-0.3, -0.25) is 4.79 Å². The first kappa shape index (κ1) is 13.9. The molecule has 0 fully saturated rings. The molecule has 1 amide bonds. The number of phenols is 1. The molecule has 0 aromatic heterocycles. The van der Waals surface area contributed by atoms with Gasteiger partial charge in [-0.1, -0.05) is 30.3 Å². The zero-order valence-corrected chi connectivity index (χ0v) is 12.7. The molecule has 0 aliphatic rings. The van der Waals surface area contributed by atoms with Crippen LogP contribution < -0.4 is 0 Å². The highest BCUT2D eigenvalue weighted by atomic mass is 127. The third kappa shape index (κ3) is 3.47. The number of hydrogen-bond acceptors (Lipinski definition) is 2. The summed E-state index contributed by atoms with van der Waals surface area (Å²) >= 11 is 2.03. The Kier molecular flexibility index (Phi) is 4.42. The first-order valence-electron chi connectivity index (χ1n) is 5.86. The fraction of sp³-hybridized carbons (Fsp3) is 0.133. The Hall–Kier alpha value is -1.56. The van der Waals surface area contributed by atoms with Crippen molar-refractivity contribution in [3.05, 3.63) is 63.2 Å². The Morgan fingerprint density at radius 3 is 2.53 bits per heavy atom. The van der Waals surface area contributed by atoms with Crippen molar-refractivity contribution in [2.24, 2.45) is 0 Å². The average Bonchev–Trinajstić information content (AvgIpc) is 2.42. The molecule has 0 bridgehead atoms. The molecule has 0 unspecified atom stereocenters. The normalized spacial score (nSPS) is 10.2. The lowest BCUT2D eigenvalue weighted by molar-refractivity contribution is 0.0784. The summed E-state index contributed by atoms with van der Waals surface area (Å²) in [5.74, 6) is 0.0371. The van der Waals surface area contributed by atoms with E-state index in [-0.39, 0.29) is 11.7 Å². The van der Waals surface area contributed by atoms with Crippen molar-refractivity contribution in [2.45, 2.75) is 6.54 Å². The number of nitrogens with zero attached hydrogens (tertiary/aromatic N) is 1. The molecular formula is C15H14INO2. The molecule has 0 aliphatic carbocycles. The Labute approximate surface area is 126 Å². The Balaban J connectivity index is 2.12. The summed E-state index contributed by atoms with van der Waals surface area (Å²) in [6.07, 6.45) is 0.